The number of carboxylic acids is 1. The van der Waals surface area contributed by atoms with Crippen LogP contribution in [-0.2, 0) is 4.79 Å². The van der Waals surface area contributed by atoms with Crippen molar-refractivity contribution in [2.75, 3.05) is 11.1 Å². The Bertz CT molecular complexity index is 4210. The second kappa shape index (κ2) is 26.6. The first-order valence-electron chi connectivity index (χ1n) is 25.5. The zero-order valence-electron chi connectivity index (χ0n) is 43.3. The number of benzene rings is 11. The molecule has 11 heteroatoms. The van der Waals surface area contributed by atoms with Gasteiger partial charge in [-0.1, -0.05) is 180 Å². The number of nitrogens with two attached hydrogens (primary N) is 1. The molecule has 11 aromatic carbocycles. The van der Waals surface area contributed by atoms with Crippen LogP contribution in [0.25, 0.3) is 82.5 Å². The molecule has 0 atom stereocenters. The molecule has 0 unspecified atom stereocenters. The number of hydrogen-bond donors (Lipinski definition) is 4. The Labute approximate surface area is 474 Å². The van der Waals surface area contributed by atoms with E-state index in [1.807, 2.05) is 54.6 Å². The number of para-hydroxylation sites is 9. The molecule has 385 valence electrons. The molecule has 0 aliphatic carbocycles. The Morgan fingerprint density at radius 2 is 0.696 bits per heavy atom. The van der Waals surface area contributed by atoms with E-state index in [1.165, 1.54) is 82.5 Å². The number of nitrogens with zero attached hydrogens (tertiary/aromatic N) is 4. The molecular formula is C68H55BBrN6O2S. The molecule has 0 aliphatic heterocycles. The predicted molar refractivity (Wildman–Crippen MR) is 341 cm³/mol. The van der Waals surface area contributed by atoms with Gasteiger partial charge in [0.05, 0.1) is 33.1 Å². The van der Waals surface area contributed by atoms with Gasteiger partial charge < -0.3 is 29.9 Å². The molecule has 79 heavy (non-hydrogen) atoms. The summed E-state index contributed by atoms with van der Waals surface area (Å²) in [6, 6.07) is 98.7. The van der Waals surface area contributed by atoms with Crippen molar-refractivity contribution in [3.63, 3.8) is 0 Å². The molecule has 0 fully saturated rings. The van der Waals surface area contributed by atoms with Gasteiger partial charge in [-0.25, -0.2) is 0 Å². The van der Waals surface area contributed by atoms with Crippen molar-refractivity contribution in [1.29, 1.82) is 0 Å². The van der Waals surface area contributed by atoms with Crippen LogP contribution in [0.1, 0.15) is 6.92 Å². The van der Waals surface area contributed by atoms with Crippen LogP contribution in [0.5, 0.6) is 0 Å². The van der Waals surface area contributed by atoms with Crippen molar-refractivity contribution in [1.82, 2.24) is 13.7 Å². The van der Waals surface area contributed by atoms with Gasteiger partial charge in [0.25, 0.3) is 5.97 Å². The van der Waals surface area contributed by atoms with Crippen LogP contribution in [0.15, 0.2) is 294 Å². The monoisotopic (exact) mass is 1110 g/mol. The summed E-state index contributed by atoms with van der Waals surface area (Å²) in [6.07, 6.45) is 0. The minimum atomic E-state index is -0.833. The molecule has 0 amide bonds. The number of nitrogen functional groups attached to an aromatic ring is 1. The summed E-state index contributed by atoms with van der Waals surface area (Å²) in [5, 5.41) is 18.6. The van der Waals surface area contributed by atoms with Gasteiger partial charge in [-0.3, -0.25) is 4.79 Å². The minimum absolute atomic E-state index is 0.822. The van der Waals surface area contributed by atoms with Gasteiger partial charge in [0, 0.05) is 77.8 Å². The number of carboxylic acid groups (broad SMARTS) is 1. The van der Waals surface area contributed by atoms with E-state index >= 15 is 0 Å². The summed E-state index contributed by atoms with van der Waals surface area (Å²) in [5.41, 5.74) is 19.4. The largest absolute Gasteiger partial charge is 0.356 e. The fourth-order valence-corrected chi connectivity index (χ4v) is 9.99. The molecule has 0 saturated heterocycles. The molecule has 14 rings (SSSR count). The van der Waals surface area contributed by atoms with Crippen LogP contribution >= 0.6 is 28.7 Å². The fourth-order valence-electron chi connectivity index (χ4n) is 9.63. The molecule has 3 aromatic heterocycles. The third-order valence-electron chi connectivity index (χ3n) is 12.8. The van der Waals surface area contributed by atoms with E-state index in [-0.39, 0.29) is 0 Å². The number of rotatable bonds is 5. The summed E-state index contributed by atoms with van der Waals surface area (Å²) < 4.78 is 10.8. The summed E-state index contributed by atoms with van der Waals surface area (Å²) in [6.45, 7) is 1.08. The van der Waals surface area contributed by atoms with Crippen molar-refractivity contribution >= 4 is 125 Å². The number of aliphatic carboxylic acids is 1. The SMILES string of the molecule is Brc1ccc2c(c1)c1ccccc1n2-c1ccccc1.CC(=O)O.Nc1ccccc1.[B]=NS.c1ccc(-n2c3ccccc3c3ccccc32)cc1.c1ccc(Nc2ccc3c(c2)c2ccccc2n3-c2ccccc2)cc1. The first kappa shape index (κ1) is 54.4. The first-order valence-corrected chi connectivity index (χ1v) is 26.7. The van der Waals surface area contributed by atoms with Crippen LogP contribution in [0.3, 0.4) is 0 Å². The summed E-state index contributed by atoms with van der Waals surface area (Å²) >= 11 is 6.77. The molecule has 0 spiro atoms. The molecule has 1 radical (unpaired) electrons. The third-order valence-corrected chi connectivity index (χ3v) is 13.3. The maximum atomic E-state index is 9.00. The van der Waals surface area contributed by atoms with E-state index in [2.05, 4.69) is 290 Å². The molecule has 0 bridgehead atoms. The van der Waals surface area contributed by atoms with Gasteiger partial charge in [0.15, 0.2) is 0 Å². The molecule has 0 saturated carbocycles. The van der Waals surface area contributed by atoms with Gasteiger partial charge in [0.2, 0.25) is 0 Å². The van der Waals surface area contributed by atoms with Gasteiger partial charge in [-0.2, -0.15) is 0 Å². The van der Waals surface area contributed by atoms with Crippen molar-refractivity contribution in [2.45, 2.75) is 6.92 Å². The smallest absolute Gasteiger partial charge is 0.0542 e. The standard InChI is InChI=1S/C24H18N2.C18H12BrN.C18H13N.C6H7N.C2H4O2.BHNS/c1-3-9-18(10-4-1)25-19-15-16-24-22(17-19)21-13-7-8-14-23(21)26(24)20-11-5-2-6-12-20;19-13-10-11-18-16(12-13)15-8-4-5-9-17(15)20(18)14-6-2-1-3-7-14;1-2-8-14(9-3-1)19-17-12-6-4-10-15(17)16-11-5-7-13-18(16)19;7-6-4-2-1-3-5-6;1-2(3)4;1-2-3/h1-17,25H;1-12H;1-13H;1-5H,7H2;1H3,(H,3,4);3H. The average Bonchev–Trinajstić information content (AvgIpc) is 4.31. The van der Waals surface area contributed by atoms with Crippen molar-refractivity contribution in [3.05, 3.63) is 290 Å². The predicted octanol–water partition coefficient (Wildman–Crippen LogP) is 18.4. The quantitative estimate of drug-likeness (QED) is 0.0783. The molecule has 14 aromatic rings. The van der Waals surface area contributed by atoms with E-state index in [4.69, 9.17) is 15.6 Å². The van der Waals surface area contributed by atoms with Crippen LogP contribution in [0, 0.1) is 0 Å². The van der Waals surface area contributed by atoms with E-state index in [0.29, 0.717) is 0 Å². The Morgan fingerprint density at radius 1 is 0.418 bits per heavy atom. The molecule has 4 N–H and O–H groups in total. The van der Waals surface area contributed by atoms with Gasteiger partial charge in [0.1, 0.15) is 0 Å². The zero-order valence-corrected chi connectivity index (χ0v) is 45.7. The maximum absolute atomic E-state index is 9.00. The minimum Gasteiger partial charge on any atom is -0.356 e. The van der Waals surface area contributed by atoms with Crippen LogP contribution < -0.4 is 11.1 Å². The van der Waals surface area contributed by atoms with Crippen LogP contribution in [0.4, 0.5) is 17.1 Å². The molecule has 0 aliphatic rings. The number of carbonyl (C=O) groups is 1. The van der Waals surface area contributed by atoms with E-state index in [0.717, 1.165) is 28.5 Å². The van der Waals surface area contributed by atoms with Gasteiger partial charge in [-0.15, -0.1) is 0 Å². The molecule has 8 nitrogen and oxygen atoms in total. The number of aromatic nitrogens is 3. The fraction of sp³-hybridized carbons (Fsp3) is 0.0147. The van der Waals surface area contributed by atoms with E-state index in [9.17, 15) is 0 Å². The Morgan fingerprint density at radius 3 is 1.05 bits per heavy atom. The Balaban J connectivity index is 0.000000129. The number of thiol groups is 1. The van der Waals surface area contributed by atoms with Crippen LogP contribution in [0.2, 0.25) is 0 Å². The van der Waals surface area contributed by atoms with Gasteiger partial charge in [-0.05, 0) is 121 Å². The number of anilines is 3. The van der Waals surface area contributed by atoms with Crippen LogP contribution in [-0.4, -0.2) is 32.4 Å². The number of halogens is 1. The number of nitrogens with one attached hydrogen (secondary N) is 1. The van der Waals surface area contributed by atoms with E-state index < -0.39 is 5.97 Å². The second-order valence-electron chi connectivity index (χ2n) is 18.0. The van der Waals surface area contributed by atoms with E-state index in [1.54, 1.807) is 0 Å². The molecular weight excluding hydrogens is 1060 g/mol. The second-order valence-corrected chi connectivity index (χ2v) is 19.2. The summed E-state index contributed by atoms with van der Waals surface area (Å²) in [7, 11) is 4.34. The van der Waals surface area contributed by atoms with Crippen molar-refractivity contribution < 1.29 is 9.90 Å². The third kappa shape index (κ3) is 13.1. The molecule has 3 heterocycles. The van der Waals surface area contributed by atoms with Gasteiger partial charge >= 0.3 is 24.8 Å². The normalized spacial score (nSPS) is 10.4. The Kier molecular flexibility index (Phi) is 18.3. The summed E-state index contributed by atoms with van der Waals surface area (Å²) in [5.74, 6) is -0.833. The van der Waals surface area contributed by atoms with Crippen molar-refractivity contribution in [3.8, 4) is 17.1 Å². The van der Waals surface area contributed by atoms with Crippen molar-refractivity contribution in [2.24, 2.45) is 4.30 Å². The zero-order chi connectivity index (χ0) is 54.9. The topological polar surface area (TPSA) is 102 Å². The number of hydrogen-bond acceptors (Lipinski definition) is 5. The number of fused-ring (bicyclic) bond motifs is 9. The summed E-state index contributed by atoms with van der Waals surface area (Å²) in [4.78, 5) is 9.00. The first-order chi connectivity index (χ1) is 38.7. The Hall–Kier alpha value is -9.42. The average molecular weight is 1110 g/mol. The maximum Gasteiger partial charge on any atom is 0.0542 e.